The quantitative estimate of drug-likeness (QED) is 0.617. The number of hydrogen-bond acceptors (Lipinski definition) is 5. The van der Waals surface area contributed by atoms with Crippen LogP contribution in [-0.2, 0) is 0 Å². The number of nitrogens with zero attached hydrogens (tertiary/aromatic N) is 3. The number of nitrogens with one attached hydrogen (secondary N) is 1. The normalized spacial score (nSPS) is 15.7. The maximum atomic E-state index is 6.37. The molecule has 3 aromatic rings. The number of fused-ring (bicyclic) bond motifs is 1. The highest BCUT2D eigenvalue weighted by Gasteiger charge is 2.30. The van der Waals surface area contributed by atoms with Gasteiger partial charge < -0.3 is 21.4 Å². The van der Waals surface area contributed by atoms with Gasteiger partial charge in [0.1, 0.15) is 11.6 Å². The lowest BCUT2D eigenvalue weighted by Gasteiger charge is -2.40. The second kappa shape index (κ2) is 6.72. The van der Waals surface area contributed by atoms with Crippen molar-refractivity contribution in [1.82, 2.24) is 15.0 Å². The number of hydrogen-bond donors (Lipinski definition) is 3. The minimum Gasteiger partial charge on any atom is -0.405 e. The van der Waals surface area contributed by atoms with Crippen LogP contribution in [0.5, 0.6) is 0 Å². The maximum absolute atomic E-state index is 6.37. The highest BCUT2D eigenvalue weighted by atomic mass is 35.5. The number of pyridine rings is 1. The van der Waals surface area contributed by atoms with Crippen LogP contribution in [0, 0.1) is 5.92 Å². The van der Waals surface area contributed by atoms with E-state index in [1.165, 1.54) is 6.20 Å². The smallest absolute Gasteiger partial charge is 0.140 e. The summed E-state index contributed by atoms with van der Waals surface area (Å²) in [6.45, 7) is 1.63. The van der Waals surface area contributed by atoms with E-state index in [1.807, 2.05) is 36.4 Å². The second-order valence-corrected chi connectivity index (χ2v) is 6.69. The van der Waals surface area contributed by atoms with Gasteiger partial charge in [-0.2, -0.15) is 0 Å². The molecule has 0 saturated carbocycles. The van der Waals surface area contributed by atoms with Gasteiger partial charge in [-0.15, -0.1) is 0 Å². The largest absolute Gasteiger partial charge is 0.405 e. The molecule has 0 spiro atoms. The molecule has 2 aromatic heterocycles. The Kier molecular flexibility index (Phi) is 4.26. The number of para-hydroxylation sites is 2. The Labute approximate surface area is 156 Å². The monoisotopic (exact) mass is 366 g/mol. The van der Waals surface area contributed by atoms with Crippen LogP contribution >= 0.6 is 11.6 Å². The van der Waals surface area contributed by atoms with Gasteiger partial charge >= 0.3 is 0 Å². The van der Waals surface area contributed by atoms with Crippen LogP contribution in [0.25, 0.3) is 22.4 Å². The lowest BCUT2D eigenvalue weighted by atomic mass is 9.96. The van der Waals surface area contributed by atoms with Crippen molar-refractivity contribution >= 4 is 28.5 Å². The van der Waals surface area contributed by atoms with E-state index in [-0.39, 0.29) is 0 Å². The number of nitrogens with two attached hydrogens (primary N) is 2. The van der Waals surface area contributed by atoms with Crippen molar-refractivity contribution in [3.63, 3.8) is 0 Å². The third kappa shape index (κ3) is 2.99. The summed E-state index contributed by atoms with van der Waals surface area (Å²) in [5.41, 5.74) is 15.0. The topological polar surface area (TPSA) is 96.9 Å². The molecule has 0 radical (unpaired) electrons. The molecule has 1 aromatic carbocycles. The van der Waals surface area contributed by atoms with Crippen molar-refractivity contribution in [3.8, 4) is 11.4 Å². The highest BCUT2D eigenvalue weighted by Crippen LogP contribution is 2.33. The van der Waals surface area contributed by atoms with E-state index in [0.29, 0.717) is 10.9 Å². The van der Waals surface area contributed by atoms with Gasteiger partial charge in [0.2, 0.25) is 0 Å². The Morgan fingerprint density at radius 3 is 2.88 bits per heavy atom. The molecule has 1 saturated heterocycles. The molecular formula is C19H19ClN6. The number of aromatic nitrogens is 3. The van der Waals surface area contributed by atoms with E-state index in [2.05, 4.69) is 19.9 Å². The average Bonchev–Trinajstić information content (AvgIpc) is 3.04. The number of aromatic amines is 1. The fourth-order valence-corrected chi connectivity index (χ4v) is 3.23. The predicted octanol–water partition coefficient (Wildman–Crippen LogP) is 3.03. The van der Waals surface area contributed by atoms with Crippen LogP contribution in [0.15, 0.2) is 60.6 Å². The molecule has 1 aliphatic rings. The number of allylic oxidation sites excluding steroid dienone is 2. The molecule has 0 aliphatic carbocycles. The molecule has 7 heteroatoms. The average molecular weight is 367 g/mol. The maximum Gasteiger partial charge on any atom is 0.140 e. The molecule has 4 rings (SSSR count). The summed E-state index contributed by atoms with van der Waals surface area (Å²) in [6.07, 6.45) is 6.74. The number of benzene rings is 1. The summed E-state index contributed by atoms with van der Waals surface area (Å²) in [7, 11) is 0. The van der Waals surface area contributed by atoms with E-state index in [1.54, 1.807) is 12.3 Å². The zero-order valence-corrected chi connectivity index (χ0v) is 14.8. The molecule has 3 heterocycles. The fraction of sp³-hybridized carbons (Fsp3) is 0.158. The zero-order valence-electron chi connectivity index (χ0n) is 14.1. The third-order valence-corrected chi connectivity index (χ3v) is 4.86. The second-order valence-electron chi connectivity index (χ2n) is 6.28. The van der Waals surface area contributed by atoms with Crippen LogP contribution in [0.1, 0.15) is 0 Å². The number of rotatable bonds is 4. The Morgan fingerprint density at radius 2 is 2.12 bits per heavy atom. The molecule has 1 fully saturated rings. The summed E-state index contributed by atoms with van der Waals surface area (Å²) < 4.78 is 0. The molecule has 132 valence electrons. The van der Waals surface area contributed by atoms with Crippen molar-refractivity contribution < 1.29 is 0 Å². The molecular weight excluding hydrogens is 348 g/mol. The minimum absolute atomic E-state index is 0.304. The van der Waals surface area contributed by atoms with E-state index >= 15 is 0 Å². The van der Waals surface area contributed by atoms with Crippen LogP contribution in [0.2, 0.25) is 5.02 Å². The molecule has 6 nitrogen and oxygen atoms in total. The van der Waals surface area contributed by atoms with Gasteiger partial charge in [0, 0.05) is 36.5 Å². The van der Waals surface area contributed by atoms with Crippen molar-refractivity contribution in [2.24, 2.45) is 17.4 Å². The highest BCUT2D eigenvalue weighted by molar-refractivity contribution is 6.33. The first kappa shape index (κ1) is 16.5. The van der Waals surface area contributed by atoms with Crippen LogP contribution in [0.3, 0.4) is 0 Å². The first-order valence-corrected chi connectivity index (χ1v) is 8.73. The first-order chi connectivity index (χ1) is 12.7. The van der Waals surface area contributed by atoms with E-state index < -0.39 is 0 Å². The third-order valence-electron chi connectivity index (χ3n) is 4.56. The van der Waals surface area contributed by atoms with Crippen LogP contribution in [0.4, 0.5) is 5.82 Å². The van der Waals surface area contributed by atoms with Gasteiger partial charge in [-0.1, -0.05) is 23.7 Å². The van der Waals surface area contributed by atoms with Gasteiger partial charge in [0.15, 0.2) is 0 Å². The van der Waals surface area contributed by atoms with Crippen molar-refractivity contribution in [2.75, 3.05) is 18.0 Å². The van der Waals surface area contributed by atoms with Crippen molar-refractivity contribution in [3.05, 3.63) is 65.6 Å². The fourth-order valence-electron chi connectivity index (χ4n) is 3.04. The van der Waals surface area contributed by atoms with Gasteiger partial charge in [-0.25, -0.2) is 9.97 Å². The standard InChI is InChI=1S/C19H19ClN6/c20-14-9-23-18(26-10-12(11-26)15(22)4-3-7-21)8-13(14)19-24-16-5-1-2-6-17(16)25-19/h1-9,12H,10-11,21-22H2,(H,24,25)/b7-3-,15-4-. The minimum atomic E-state index is 0.304. The van der Waals surface area contributed by atoms with E-state index in [0.717, 1.165) is 47.0 Å². The lowest BCUT2D eigenvalue weighted by Crippen LogP contribution is -2.49. The molecule has 1 aliphatic heterocycles. The Bertz CT molecular complexity index is 967. The lowest BCUT2D eigenvalue weighted by molar-refractivity contribution is 0.462. The predicted molar refractivity (Wildman–Crippen MR) is 106 cm³/mol. The summed E-state index contributed by atoms with van der Waals surface area (Å²) in [4.78, 5) is 14.6. The number of anilines is 1. The Hall–Kier alpha value is -2.99. The molecule has 0 unspecified atom stereocenters. The summed E-state index contributed by atoms with van der Waals surface area (Å²) in [5.74, 6) is 1.91. The SMILES string of the molecule is N/C=C\C=C(/N)C1CN(c2cc(-c3nc4ccccc4[nH]3)c(Cl)cn2)C1. The molecule has 0 bridgehead atoms. The number of halogens is 1. The molecule has 0 atom stereocenters. The first-order valence-electron chi connectivity index (χ1n) is 8.35. The Morgan fingerprint density at radius 1 is 1.31 bits per heavy atom. The summed E-state index contributed by atoms with van der Waals surface area (Å²) >= 11 is 6.37. The van der Waals surface area contributed by atoms with Crippen molar-refractivity contribution in [1.29, 1.82) is 0 Å². The van der Waals surface area contributed by atoms with Crippen LogP contribution in [-0.4, -0.2) is 28.0 Å². The van der Waals surface area contributed by atoms with E-state index in [4.69, 9.17) is 23.1 Å². The summed E-state index contributed by atoms with van der Waals surface area (Å²) in [6, 6.07) is 9.87. The van der Waals surface area contributed by atoms with E-state index in [9.17, 15) is 0 Å². The summed E-state index contributed by atoms with van der Waals surface area (Å²) in [5, 5.41) is 0.567. The number of imidazole rings is 1. The molecule has 5 N–H and O–H groups in total. The van der Waals surface area contributed by atoms with Crippen molar-refractivity contribution in [2.45, 2.75) is 0 Å². The van der Waals surface area contributed by atoms with Gasteiger partial charge in [-0.3, -0.25) is 0 Å². The van der Waals surface area contributed by atoms with Gasteiger partial charge in [0.25, 0.3) is 0 Å². The molecule has 26 heavy (non-hydrogen) atoms. The van der Waals surface area contributed by atoms with Crippen LogP contribution < -0.4 is 16.4 Å². The van der Waals surface area contributed by atoms with Gasteiger partial charge in [0.05, 0.1) is 16.1 Å². The zero-order chi connectivity index (χ0) is 18.1. The number of H-pyrrole nitrogens is 1. The molecule has 0 amide bonds. The van der Waals surface area contributed by atoms with Gasteiger partial charge in [-0.05, 0) is 36.6 Å². The Balaban J connectivity index is 1.58.